The second kappa shape index (κ2) is 8.20. The monoisotopic (exact) mass is 433 g/mol. The number of fused-ring (bicyclic) bond motifs is 1. The number of nitrogens with two attached hydrogens (primary N) is 2. The quantitative estimate of drug-likeness (QED) is 0.603. The molecule has 1 aliphatic rings. The minimum absolute atomic E-state index is 0.0546. The number of carbonyl (C=O) groups is 1. The molecule has 3 aromatic heterocycles. The maximum Gasteiger partial charge on any atom is 0.404 e. The largest absolute Gasteiger partial charge is 0.473 e. The molecule has 0 aliphatic carbocycles. The van der Waals surface area contributed by atoms with Crippen LogP contribution in [0.15, 0.2) is 30.7 Å². The van der Waals surface area contributed by atoms with E-state index in [-0.39, 0.29) is 25.5 Å². The maximum atomic E-state index is 14.5. The summed E-state index contributed by atoms with van der Waals surface area (Å²) in [6, 6.07) is 2.35. The molecule has 1 fully saturated rings. The number of carbonyl (C=O) groups excluding carboxylic acids is 1. The Kier molecular flexibility index (Phi) is 5.44. The number of nitrogen functional groups attached to an aromatic ring is 1. The van der Waals surface area contributed by atoms with Gasteiger partial charge in [-0.25, -0.2) is 28.1 Å². The van der Waals surface area contributed by atoms with Gasteiger partial charge in [0.2, 0.25) is 5.88 Å². The first-order chi connectivity index (χ1) is 14.8. The van der Waals surface area contributed by atoms with Crippen LogP contribution in [0.5, 0.6) is 5.88 Å². The summed E-state index contributed by atoms with van der Waals surface area (Å²) in [5.41, 5.74) is 12.1. The van der Waals surface area contributed by atoms with Gasteiger partial charge >= 0.3 is 6.09 Å². The van der Waals surface area contributed by atoms with Crippen molar-refractivity contribution in [1.82, 2.24) is 19.6 Å². The van der Waals surface area contributed by atoms with E-state index in [1.807, 2.05) is 0 Å². The van der Waals surface area contributed by atoms with Crippen molar-refractivity contribution in [3.05, 3.63) is 42.1 Å². The molecule has 0 unspecified atom stereocenters. The van der Waals surface area contributed by atoms with Gasteiger partial charge in [-0.3, -0.25) is 0 Å². The molecule has 4 rings (SSSR count). The molecule has 10 nitrogen and oxygen atoms in total. The molecule has 3 aromatic rings. The number of anilines is 2. The lowest BCUT2D eigenvalue weighted by Gasteiger charge is -2.27. The fourth-order valence-electron chi connectivity index (χ4n) is 3.60. The van der Waals surface area contributed by atoms with E-state index in [1.54, 1.807) is 24.1 Å². The second-order valence-electron chi connectivity index (χ2n) is 7.26. The predicted molar refractivity (Wildman–Crippen MR) is 107 cm³/mol. The summed E-state index contributed by atoms with van der Waals surface area (Å²) in [6.45, 7) is 1.58. The number of aromatic nitrogens is 4. The van der Waals surface area contributed by atoms with Crippen molar-refractivity contribution in [2.75, 3.05) is 23.8 Å². The fraction of sp³-hybridized carbons (Fsp3) is 0.368. The van der Waals surface area contributed by atoms with Crippen molar-refractivity contribution in [3.8, 4) is 5.88 Å². The van der Waals surface area contributed by atoms with Crippen molar-refractivity contribution in [2.24, 2.45) is 5.73 Å². The lowest BCUT2D eigenvalue weighted by Crippen LogP contribution is -2.27. The van der Waals surface area contributed by atoms with Crippen LogP contribution in [-0.2, 0) is 4.74 Å². The molecular weight excluding hydrogens is 412 g/mol. The second-order valence-corrected chi connectivity index (χ2v) is 7.26. The predicted octanol–water partition coefficient (Wildman–Crippen LogP) is 2.00. The number of hydrogen-bond donors (Lipinski definition) is 2. The Bertz CT molecular complexity index is 1110. The first kappa shape index (κ1) is 20.6. The normalized spacial score (nSPS) is 19.5. The number of nitrogens with zero attached hydrogens (tertiary/aromatic N) is 5. The average Bonchev–Trinajstić information content (AvgIpc) is 3.29. The Morgan fingerprint density at radius 2 is 2.23 bits per heavy atom. The van der Waals surface area contributed by atoms with Crippen molar-refractivity contribution in [1.29, 1.82) is 0 Å². The number of alkyl halides is 1. The third-order valence-electron chi connectivity index (χ3n) is 4.90. The summed E-state index contributed by atoms with van der Waals surface area (Å²) < 4.78 is 40.5. The van der Waals surface area contributed by atoms with E-state index in [0.29, 0.717) is 22.7 Å². The number of hydrogen-bond acceptors (Lipinski definition) is 8. The molecule has 0 saturated carbocycles. The van der Waals surface area contributed by atoms with Gasteiger partial charge in [0, 0.05) is 18.2 Å². The van der Waals surface area contributed by atoms with Crippen LogP contribution in [0, 0.1) is 5.82 Å². The zero-order valence-corrected chi connectivity index (χ0v) is 16.6. The molecule has 164 valence electrons. The van der Waals surface area contributed by atoms with E-state index >= 15 is 0 Å². The summed E-state index contributed by atoms with van der Waals surface area (Å²) >= 11 is 0. The van der Waals surface area contributed by atoms with E-state index in [0.717, 1.165) is 6.20 Å². The van der Waals surface area contributed by atoms with Crippen molar-refractivity contribution >= 4 is 23.2 Å². The molecule has 1 aliphatic heterocycles. The summed E-state index contributed by atoms with van der Waals surface area (Å²) in [5, 5.41) is 4.08. The van der Waals surface area contributed by atoms with Gasteiger partial charge in [-0.2, -0.15) is 5.10 Å². The van der Waals surface area contributed by atoms with Gasteiger partial charge in [0.05, 0.1) is 30.7 Å². The molecule has 1 amide bonds. The highest BCUT2D eigenvalue weighted by Gasteiger charge is 2.37. The smallest absolute Gasteiger partial charge is 0.404 e. The first-order valence-corrected chi connectivity index (χ1v) is 9.56. The van der Waals surface area contributed by atoms with Crippen LogP contribution in [0.2, 0.25) is 0 Å². The molecule has 0 spiro atoms. The SMILES string of the molecule is C[C@@H](COc1ncc(F)cc1[C@H]1C[C@H](F)CN1c1ccn2ncc(N)c2n1)OC(N)=O. The van der Waals surface area contributed by atoms with Crippen LogP contribution in [0.3, 0.4) is 0 Å². The lowest BCUT2D eigenvalue weighted by molar-refractivity contribution is 0.0803. The van der Waals surface area contributed by atoms with E-state index < -0.39 is 30.2 Å². The number of pyridine rings is 1. The van der Waals surface area contributed by atoms with Gasteiger partial charge in [-0.15, -0.1) is 0 Å². The highest BCUT2D eigenvalue weighted by molar-refractivity contribution is 5.66. The van der Waals surface area contributed by atoms with E-state index in [9.17, 15) is 13.6 Å². The average molecular weight is 433 g/mol. The van der Waals surface area contributed by atoms with Crippen LogP contribution in [-0.4, -0.2) is 51.1 Å². The van der Waals surface area contributed by atoms with E-state index in [1.165, 1.54) is 16.8 Å². The lowest BCUT2D eigenvalue weighted by atomic mass is 10.1. The van der Waals surface area contributed by atoms with Crippen molar-refractivity contribution in [2.45, 2.75) is 31.7 Å². The van der Waals surface area contributed by atoms with Crippen LogP contribution >= 0.6 is 0 Å². The summed E-state index contributed by atoms with van der Waals surface area (Å²) in [7, 11) is 0. The van der Waals surface area contributed by atoms with E-state index in [2.05, 4.69) is 15.1 Å². The van der Waals surface area contributed by atoms with Crippen molar-refractivity contribution in [3.63, 3.8) is 0 Å². The number of primary amides is 1. The van der Waals surface area contributed by atoms with Gasteiger partial charge in [0.25, 0.3) is 0 Å². The standard InChI is InChI=1S/C19H21F2N7O3/c1-10(31-19(23)29)9-30-18-13(4-11(20)6-24-18)15-5-12(21)8-27(15)16-2-3-28-17(26-16)14(22)7-25-28/h2-4,6-7,10,12,15H,5,8-9,22H2,1H3,(H2,23,29)/t10-,12-,15+/m0/s1. The molecule has 0 aromatic carbocycles. The molecule has 4 heterocycles. The first-order valence-electron chi connectivity index (χ1n) is 9.56. The molecule has 4 N–H and O–H groups in total. The molecule has 3 atom stereocenters. The van der Waals surface area contributed by atoms with Crippen LogP contribution in [0.1, 0.15) is 24.9 Å². The highest BCUT2D eigenvalue weighted by atomic mass is 19.1. The Balaban J connectivity index is 1.65. The Labute approximate surface area is 175 Å². The van der Waals surface area contributed by atoms with Crippen LogP contribution in [0.4, 0.5) is 25.1 Å². The summed E-state index contributed by atoms with van der Waals surface area (Å²) in [5.74, 6) is -0.0182. The fourth-order valence-corrected chi connectivity index (χ4v) is 3.60. The maximum absolute atomic E-state index is 14.5. The van der Waals surface area contributed by atoms with Gasteiger partial charge in [0.15, 0.2) is 5.65 Å². The zero-order valence-electron chi connectivity index (χ0n) is 16.6. The van der Waals surface area contributed by atoms with Crippen molar-refractivity contribution < 1.29 is 23.0 Å². The molecule has 31 heavy (non-hydrogen) atoms. The van der Waals surface area contributed by atoms with Gasteiger partial charge < -0.3 is 25.8 Å². The van der Waals surface area contributed by atoms with Crippen LogP contribution in [0.25, 0.3) is 5.65 Å². The molecule has 0 radical (unpaired) electrons. The molecular formula is C19H21F2N7O3. The third kappa shape index (κ3) is 4.27. The minimum Gasteiger partial charge on any atom is -0.473 e. The number of rotatable bonds is 6. The van der Waals surface area contributed by atoms with Crippen LogP contribution < -0.4 is 21.1 Å². The number of ether oxygens (including phenoxy) is 2. The third-order valence-corrected chi connectivity index (χ3v) is 4.90. The Morgan fingerprint density at radius 1 is 1.42 bits per heavy atom. The molecule has 1 saturated heterocycles. The minimum atomic E-state index is -1.17. The van der Waals surface area contributed by atoms with Gasteiger partial charge in [0.1, 0.15) is 30.5 Å². The topological polar surface area (TPSA) is 134 Å². The van der Waals surface area contributed by atoms with Gasteiger partial charge in [-0.05, 0) is 19.1 Å². The highest BCUT2D eigenvalue weighted by Crippen LogP contribution is 2.40. The molecule has 0 bridgehead atoms. The van der Waals surface area contributed by atoms with E-state index in [4.69, 9.17) is 20.9 Å². The Morgan fingerprint density at radius 3 is 3.00 bits per heavy atom. The number of halogens is 2. The summed E-state index contributed by atoms with van der Waals surface area (Å²) in [6.07, 6.45) is 1.48. The Hall–Kier alpha value is -3.70. The zero-order chi connectivity index (χ0) is 22.1. The molecule has 12 heteroatoms. The summed E-state index contributed by atoms with van der Waals surface area (Å²) in [4.78, 5) is 21.1. The number of amides is 1. The van der Waals surface area contributed by atoms with Gasteiger partial charge in [-0.1, -0.05) is 0 Å².